The van der Waals surface area contributed by atoms with Gasteiger partial charge in [0.25, 0.3) is 0 Å². The Balaban J connectivity index is 2.31. The molecule has 2 heterocycles. The first kappa shape index (κ1) is 4.76. The van der Waals surface area contributed by atoms with E-state index >= 15 is 0 Å². The van der Waals surface area contributed by atoms with E-state index in [1.54, 1.807) is 18.8 Å². The molecule has 0 aromatic carbocycles. The molecule has 2 aliphatic heterocycles. The lowest BCUT2D eigenvalue weighted by atomic mass is 10.4. The third-order valence-electron chi connectivity index (χ3n) is 1.30. The molecule has 0 aliphatic carbocycles. The predicted octanol–water partition coefficient (Wildman–Crippen LogP) is 0.511. The highest BCUT2D eigenvalue weighted by Gasteiger charge is 2.24. The second-order valence-electron chi connectivity index (χ2n) is 1.89. The van der Waals surface area contributed by atoms with E-state index < -0.39 is 0 Å². The molecule has 0 unspecified atom stereocenters. The highest BCUT2D eigenvalue weighted by molar-refractivity contribution is 5.67. The lowest BCUT2D eigenvalue weighted by Gasteiger charge is -2.04. The summed E-state index contributed by atoms with van der Waals surface area (Å²) in [7, 11) is 0. The van der Waals surface area contributed by atoms with Crippen LogP contribution in [-0.2, 0) is 4.74 Å². The molecule has 0 saturated heterocycles. The summed E-state index contributed by atoms with van der Waals surface area (Å²) in [4.78, 5) is 5.87. The fourth-order valence-corrected chi connectivity index (χ4v) is 0.820. The Hall–Kier alpha value is -1.09. The molecule has 3 nitrogen and oxygen atoms in total. The van der Waals surface area contributed by atoms with Crippen molar-refractivity contribution >= 4 is 6.34 Å². The van der Waals surface area contributed by atoms with E-state index in [2.05, 4.69) is 4.99 Å². The zero-order valence-corrected chi connectivity index (χ0v) is 4.82. The zero-order valence-electron chi connectivity index (χ0n) is 4.82. The standard InChI is InChI=1S/C6H6N2O/c1-2-9-4-6-3-7-5-8(1)6/h1-3,5H,4H2/q+1. The van der Waals surface area contributed by atoms with Crippen molar-refractivity contribution in [2.45, 2.75) is 0 Å². The molecule has 1 radical (unpaired) electrons. The van der Waals surface area contributed by atoms with Crippen molar-refractivity contribution in [2.24, 2.45) is 4.99 Å². The van der Waals surface area contributed by atoms with Crippen LogP contribution in [0, 0.1) is 0 Å². The minimum Gasteiger partial charge on any atom is -0.485 e. The second kappa shape index (κ2) is 1.70. The Bertz CT molecular complexity index is 205. The maximum absolute atomic E-state index is 5.01. The number of rotatable bonds is 0. The van der Waals surface area contributed by atoms with Crippen LogP contribution in [0.2, 0.25) is 0 Å². The second-order valence-corrected chi connectivity index (χ2v) is 1.89. The van der Waals surface area contributed by atoms with Gasteiger partial charge in [-0.1, -0.05) is 4.90 Å². The van der Waals surface area contributed by atoms with Gasteiger partial charge in [0, 0.05) is 0 Å². The van der Waals surface area contributed by atoms with E-state index in [0.29, 0.717) is 6.61 Å². The molecule has 0 fully saturated rings. The van der Waals surface area contributed by atoms with Crippen LogP contribution in [0.15, 0.2) is 29.4 Å². The molecule has 0 spiro atoms. The van der Waals surface area contributed by atoms with Crippen LogP contribution in [0.4, 0.5) is 0 Å². The Morgan fingerprint density at radius 3 is 3.56 bits per heavy atom. The summed E-state index contributed by atoms with van der Waals surface area (Å²) in [5, 5.41) is 0. The number of ether oxygens (including phenoxy) is 1. The van der Waals surface area contributed by atoms with E-state index in [1.165, 1.54) is 0 Å². The van der Waals surface area contributed by atoms with Gasteiger partial charge < -0.3 is 4.74 Å². The maximum Gasteiger partial charge on any atom is 0.250 e. The van der Waals surface area contributed by atoms with Gasteiger partial charge in [-0.15, -0.1) is 0 Å². The summed E-state index contributed by atoms with van der Waals surface area (Å²) < 4.78 is 5.01. The smallest absolute Gasteiger partial charge is 0.250 e. The van der Waals surface area contributed by atoms with Gasteiger partial charge in [0.05, 0.1) is 6.20 Å². The molecule has 0 saturated carbocycles. The lowest BCUT2D eigenvalue weighted by Crippen LogP contribution is -2.23. The Labute approximate surface area is 52.9 Å². The van der Waals surface area contributed by atoms with Gasteiger partial charge in [0.1, 0.15) is 6.26 Å². The average molecular weight is 122 g/mol. The third-order valence-corrected chi connectivity index (χ3v) is 1.30. The molecular weight excluding hydrogens is 116 g/mol. The van der Waals surface area contributed by atoms with Crippen molar-refractivity contribution in [1.29, 1.82) is 0 Å². The van der Waals surface area contributed by atoms with Gasteiger partial charge in [-0.2, -0.15) is 0 Å². The normalized spacial score (nSPS) is 23.3. The molecule has 3 heteroatoms. The Morgan fingerprint density at radius 2 is 2.67 bits per heavy atom. The largest absolute Gasteiger partial charge is 0.485 e. The molecule has 0 bridgehead atoms. The van der Waals surface area contributed by atoms with Crippen molar-refractivity contribution in [1.82, 2.24) is 4.90 Å². The predicted molar refractivity (Wildman–Crippen MR) is 33.8 cm³/mol. The van der Waals surface area contributed by atoms with E-state index in [0.717, 1.165) is 5.70 Å². The third kappa shape index (κ3) is 0.658. The van der Waals surface area contributed by atoms with Gasteiger partial charge in [-0.3, -0.25) is 0 Å². The monoisotopic (exact) mass is 122 g/mol. The van der Waals surface area contributed by atoms with Crippen LogP contribution in [0.25, 0.3) is 0 Å². The maximum atomic E-state index is 5.01. The van der Waals surface area contributed by atoms with Crippen LogP contribution >= 0.6 is 0 Å². The molecule has 0 atom stereocenters. The summed E-state index contributed by atoms with van der Waals surface area (Å²) in [6.45, 7) is 0.635. The first-order valence-corrected chi connectivity index (χ1v) is 2.76. The summed E-state index contributed by atoms with van der Waals surface area (Å²) >= 11 is 0. The number of hydrogen-bond donors (Lipinski definition) is 0. The first-order valence-electron chi connectivity index (χ1n) is 2.76. The van der Waals surface area contributed by atoms with Crippen LogP contribution in [0.1, 0.15) is 0 Å². The van der Waals surface area contributed by atoms with E-state index in [-0.39, 0.29) is 0 Å². The van der Waals surface area contributed by atoms with Gasteiger partial charge in [-0.25, -0.2) is 4.99 Å². The fourth-order valence-electron chi connectivity index (χ4n) is 0.820. The average Bonchev–Trinajstić information content (AvgIpc) is 2.33. The summed E-state index contributed by atoms with van der Waals surface area (Å²) in [5.41, 5.74) is 1.09. The highest BCUT2D eigenvalue weighted by atomic mass is 16.5. The van der Waals surface area contributed by atoms with Crippen LogP contribution in [-0.4, -0.2) is 12.9 Å². The van der Waals surface area contributed by atoms with Crippen molar-refractivity contribution in [3.8, 4) is 0 Å². The Kier molecular flexibility index (Phi) is 0.899. The van der Waals surface area contributed by atoms with Crippen molar-refractivity contribution in [3.63, 3.8) is 0 Å². The van der Waals surface area contributed by atoms with Crippen LogP contribution in [0.3, 0.4) is 0 Å². The van der Waals surface area contributed by atoms with Crippen molar-refractivity contribution in [2.75, 3.05) is 6.61 Å². The topological polar surface area (TPSA) is 27.5 Å². The van der Waals surface area contributed by atoms with Crippen LogP contribution in [0.5, 0.6) is 0 Å². The van der Waals surface area contributed by atoms with E-state index in [9.17, 15) is 0 Å². The van der Waals surface area contributed by atoms with Gasteiger partial charge in [-0.05, 0) is 0 Å². The fraction of sp³-hybridized carbons (Fsp3) is 0.167. The number of hydrogen-bond acceptors (Lipinski definition) is 3. The summed E-state index contributed by atoms with van der Waals surface area (Å²) in [6.07, 6.45) is 7.05. The lowest BCUT2D eigenvalue weighted by molar-refractivity contribution is 0.255. The van der Waals surface area contributed by atoms with Gasteiger partial charge in [0.2, 0.25) is 12.0 Å². The summed E-state index contributed by atoms with van der Waals surface area (Å²) in [5.74, 6) is 0. The first-order chi connectivity index (χ1) is 4.47. The molecule has 0 aromatic rings. The number of fused-ring (bicyclic) bond motifs is 1. The molecule has 2 rings (SSSR count). The van der Waals surface area contributed by atoms with Crippen LogP contribution < -0.4 is 4.90 Å². The van der Waals surface area contributed by atoms with Crippen molar-refractivity contribution < 1.29 is 4.74 Å². The molecule has 2 aliphatic rings. The zero-order chi connectivity index (χ0) is 6.10. The van der Waals surface area contributed by atoms with Gasteiger partial charge >= 0.3 is 0 Å². The molecule has 0 N–H and O–H groups in total. The summed E-state index contributed by atoms with van der Waals surface area (Å²) in [6, 6.07) is 0. The Morgan fingerprint density at radius 1 is 1.67 bits per heavy atom. The SMILES string of the molecule is C1=C[N+]2C=NC=C2CO1. The molecule has 45 valence electrons. The minimum atomic E-state index is 0.635. The minimum absolute atomic E-state index is 0.635. The van der Waals surface area contributed by atoms with Gasteiger partial charge in [0.15, 0.2) is 12.8 Å². The molecule has 9 heavy (non-hydrogen) atoms. The van der Waals surface area contributed by atoms with E-state index in [1.807, 2.05) is 11.1 Å². The van der Waals surface area contributed by atoms with Crippen molar-refractivity contribution in [3.05, 3.63) is 24.4 Å². The quantitative estimate of drug-likeness (QED) is 0.430. The number of nitrogens with zero attached hydrogens (tertiary/aromatic N) is 2. The molecular formula is C6H6N2O+. The van der Waals surface area contributed by atoms with E-state index in [4.69, 9.17) is 4.74 Å². The molecule has 0 aromatic heterocycles. The number of aliphatic imine (C=N–C) groups is 1. The highest BCUT2D eigenvalue weighted by Crippen LogP contribution is 2.10. The molecule has 0 amide bonds.